The number of nitrogens with one attached hydrogen (secondary N) is 5. The molecule has 0 aromatic rings. The highest BCUT2D eigenvalue weighted by Gasteiger charge is 2.35. The molecular weight excluding hydrogens is 476 g/mol. The van der Waals surface area contributed by atoms with Crippen LogP contribution in [0, 0.1) is 5.92 Å². The second kappa shape index (κ2) is 14.5. The molecular formula is C21H36N8O7. The lowest BCUT2D eigenvalue weighted by atomic mass is 10.0. The van der Waals surface area contributed by atoms with Gasteiger partial charge in [-0.05, 0) is 32.1 Å². The Labute approximate surface area is 208 Å². The van der Waals surface area contributed by atoms with Gasteiger partial charge in [0, 0.05) is 13.0 Å². The summed E-state index contributed by atoms with van der Waals surface area (Å²) in [6.45, 7) is 5.27. The van der Waals surface area contributed by atoms with E-state index in [0.717, 1.165) is 0 Å². The van der Waals surface area contributed by atoms with Crippen molar-refractivity contribution < 1.29 is 33.9 Å². The van der Waals surface area contributed by atoms with Gasteiger partial charge in [0.15, 0.2) is 5.96 Å². The van der Waals surface area contributed by atoms with Crippen LogP contribution in [0.4, 0.5) is 4.79 Å². The fourth-order valence-corrected chi connectivity index (χ4v) is 3.44. The fourth-order valence-electron chi connectivity index (χ4n) is 3.44. The van der Waals surface area contributed by atoms with E-state index in [4.69, 9.17) is 11.5 Å². The quantitative estimate of drug-likeness (QED) is 0.112. The summed E-state index contributed by atoms with van der Waals surface area (Å²) >= 11 is 0. The largest absolute Gasteiger partial charge is 0.480 e. The maximum absolute atomic E-state index is 13.2. The third kappa shape index (κ3) is 10.6. The second-order valence-electron chi connectivity index (χ2n) is 8.92. The highest BCUT2D eigenvalue weighted by atomic mass is 16.4. The highest BCUT2D eigenvalue weighted by molar-refractivity contribution is 5.94. The summed E-state index contributed by atoms with van der Waals surface area (Å²) in [5, 5.41) is 21.8. The molecule has 0 saturated heterocycles. The highest BCUT2D eigenvalue weighted by Crippen LogP contribution is 2.08. The van der Waals surface area contributed by atoms with Gasteiger partial charge in [-0.25, -0.2) is 9.59 Å². The molecule has 36 heavy (non-hydrogen) atoms. The van der Waals surface area contributed by atoms with E-state index in [1.165, 1.54) is 6.92 Å². The van der Waals surface area contributed by atoms with Crippen LogP contribution in [0.5, 0.6) is 0 Å². The van der Waals surface area contributed by atoms with Crippen molar-refractivity contribution in [3.8, 4) is 0 Å². The lowest BCUT2D eigenvalue weighted by molar-refractivity contribution is -0.139. The Kier molecular flexibility index (Phi) is 12.1. The van der Waals surface area contributed by atoms with E-state index in [0.29, 0.717) is 6.29 Å². The number of carboxylic acid groups (broad SMARTS) is 1. The Balaban J connectivity index is 3.10. The van der Waals surface area contributed by atoms with E-state index in [2.05, 4.69) is 31.6 Å². The Morgan fingerprint density at radius 1 is 1.08 bits per heavy atom. The van der Waals surface area contributed by atoms with Crippen LogP contribution >= 0.6 is 0 Å². The van der Waals surface area contributed by atoms with Crippen molar-refractivity contribution >= 4 is 42.0 Å². The molecule has 0 aromatic carbocycles. The minimum Gasteiger partial charge on any atom is -0.480 e. The molecule has 202 valence electrons. The smallest absolute Gasteiger partial charge is 0.326 e. The minimum absolute atomic E-state index is 0.0280. The van der Waals surface area contributed by atoms with Crippen molar-refractivity contribution in [1.29, 1.82) is 0 Å². The third-order valence-corrected chi connectivity index (χ3v) is 5.22. The van der Waals surface area contributed by atoms with E-state index in [1.807, 2.05) is 0 Å². The molecule has 15 heteroatoms. The molecule has 1 aliphatic rings. The maximum Gasteiger partial charge on any atom is 0.326 e. The van der Waals surface area contributed by atoms with Gasteiger partial charge in [0.1, 0.15) is 24.4 Å². The number of hydrogen-bond acceptors (Lipinski definition) is 9. The van der Waals surface area contributed by atoms with Crippen LogP contribution in [-0.4, -0.2) is 83.8 Å². The van der Waals surface area contributed by atoms with Crippen LogP contribution in [0.25, 0.3) is 0 Å². The summed E-state index contributed by atoms with van der Waals surface area (Å²) in [7, 11) is 0. The third-order valence-electron chi connectivity index (χ3n) is 5.22. The summed E-state index contributed by atoms with van der Waals surface area (Å²) in [6, 6.07) is -6.26. The molecule has 0 radical (unpaired) electrons. The summed E-state index contributed by atoms with van der Waals surface area (Å²) in [6.07, 6.45) is 0.542. The molecule has 10 N–H and O–H groups in total. The standard InChI is InChI=1S/C21H36N8O7/c1-10(2)8-14(19(34)35)28-21(36)29-16(12-6-7-24-20(23)27-12)18(33)26-13(4-5-15(22)31)17(32)25-11(3)9-30/h9-14,16H,4-8H2,1-3H3,(H2,22,31)(H,25,32)(H,26,33)(H,34,35)(H3,23,24,27)(H2,28,29,36)/t11-,12+,13-,14+,16-/m0/s1. The van der Waals surface area contributed by atoms with Crippen molar-refractivity contribution in [2.24, 2.45) is 22.4 Å². The number of aliphatic imine (C=N–C) groups is 1. The molecule has 0 bridgehead atoms. The van der Waals surface area contributed by atoms with E-state index in [9.17, 15) is 33.9 Å². The van der Waals surface area contributed by atoms with E-state index in [-0.39, 0.29) is 44.1 Å². The first-order chi connectivity index (χ1) is 16.8. The van der Waals surface area contributed by atoms with Gasteiger partial charge in [0.05, 0.1) is 12.1 Å². The molecule has 0 aliphatic carbocycles. The maximum atomic E-state index is 13.2. The number of guanidine groups is 1. The molecule has 5 atom stereocenters. The number of amides is 5. The first-order valence-electron chi connectivity index (χ1n) is 11.5. The second-order valence-corrected chi connectivity index (χ2v) is 8.92. The van der Waals surface area contributed by atoms with Crippen LogP contribution in [0.15, 0.2) is 4.99 Å². The van der Waals surface area contributed by atoms with Crippen LogP contribution in [0.3, 0.4) is 0 Å². The summed E-state index contributed by atoms with van der Waals surface area (Å²) in [5.74, 6) is -3.47. The zero-order valence-electron chi connectivity index (χ0n) is 20.6. The number of carbonyl (C=O) groups excluding carboxylic acids is 5. The Morgan fingerprint density at radius 2 is 1.75 bits per heavy atom. The lowest BCUT2D eigenvalue weighted by Crippen LogP contribution is -2.64. The number of rotatable bonds is 14. The van der Waals surface area contributed by atoms with Gasteiger partial charge < -0.3 is 48.0 Å². The summed E-state index contributed by atoms with van der Waals surface area (Å²) in [4.78, 5) is 76.2. The molecule has 1 aliphatic heterocycles. The van der Waals surface area contributed by atoms with E-state index < -0.39 is 59.9 Å². The monoisotopic (exact) mass is 512 g/mol. The SMILES string of the molecule is CC(C)C[C@@H](NC(=O)N[C@H](C(=O)N[C@@H](CCC(N)=O)C(=O)N[C@@H](C)C=O)[C@H]1CCN=C(N)N1)C(=O)O. The van der Waals surface area contributed by atoms with Crippen LogP contribution in [0.2, 0.25) is 0 Å². The van der Waals surface area contributed by atoms with Gasteiger partial charge in [-0.2, -0.15) is 0 Å². The number of hydrogen-bond donors (Lipinski definition) is 8. The lowest BCUT2D eigenvalue weighted by Gasteiger charge is -2.32. The topological polar surface area (TPSA) is 247 Å². The van der Waals surface area contributed by atoms with Crippen LogP contribution < -0.4 is 38.1 Å². The number of nitrogens with two attached hydrogens (primary N) is 2. The zero-order valence-corrected chi connectivity index (χ0v) is 20.6. The fraction of sp³-hybridized carbons (Fsp3) is 0.667. The van der Waals surface area contributed by atoms with Gasteiger partial charge >= 0.3 is 12.0 Å². The Morgan fingerprint density at radius 3 is 2.28 bits per heavy atom. The molecule has 0 saturated carbocycles. The summed E-state index contributed by atoms with van der Waals surface area (Å²) in [5.41, 5.74) is 10.9. The Bertz CT molecular complexity index is 863. The van der Waals surface area contributed by atoms with Crippen molar-refractivity contribution in [3.05, 3.63) is 0 Å². The molecule has 0 spiro atoms. The van der Waals surface area contributed by atoms with Crippen LogP contribution in [-0.2, 0) is 24.0 Å². The number of primary amides is 1. The van der Waals surface area contributed by atoms with Crippen molar-refractivity contribution in [2.45, 2.75) is 76.7 Å². The zero-order chi connectivity index (χ0) is 27.4. The van der Waals surface area contributed by atoms with Gasteiger partial charge in [0.25, 0.3) is 0 Å². The molecule has 0 unspecified atom stereocenters. The van der Waals surface area contributed by atoms with E-state index >= 15 is 0 Å². The van der Waals surface area contributed by atoms with Gasteiger partial charge in [-0.1, -0.05) is 13.8 Å². The first kappa shape index (κ1) is 30.1. The number of carbonyl (C=O) groups is 6. The van der Waals surface area contributed by atoms with Gasteiger partial charge in [-0.3, -0.25) is 19.4 Å². The number of urea groups is 1. The number of carboxylic acids is 1. The van der Waals surface area contributed by atoms with Crippen LogP contribution in [0.1, 0.15) is 46.5 Å². The number of aliphatic carboxylic acids is 1. The molecule has 1 rings (SSSR count). The van der Waals surface area contributed by atoms with E-state index in [1.54, 1.807) is 13.8 Å². The average molecular weight is 513 g/mol. The number of nitrogens with zero attached hydrogens (tertiary/aromatic N) is 1. The van der Waals surface area contributed by atoms with Crippen molar-refractivity contribution in [1.82, 2.24) is 26.6 Å². The van der Waals surface area contributed by atoms with Crippen molar-refractivity contribution in [3.63, 3.8) is 0 Å². The molecule has 0 aromatic heterocycles. The molecule has 5 amide bonds. The first-order valence-corrected chi connectivity index (χ1v) is 11.5. The predicted octanol–water partition coefficient (Wildman–Crippen LogP) is -2.72. The molecule has 1 heterocycles. The predicted molar refractivity (Wildman–Crippen MR) is 128 cm³/mol. The normalized spacial score (nSPS) is 18.3. The van der Waals surface area contributed by atoms with Gasteiger partial charge in [-0.15, -0.1) is 0 Å². The Hall–Kier alpha value is -3.91. The average Bonchev–Trinajstić information content (AvgIpc) is 2.78. The molecule has 0 fully saturated rings. The number of aldehydes is 1. The van der Waals surface area contributed by atoms with Gasteiger partial charge in [0.2, 0.25) is 17.7 Å². The molecule has 15 nitrogen and oxygen atoms in total. The van der Waals surface area contributed by atoms with Crippen molar-refractivity contribution in [2.75, 3.05) is 6.54 Å². The summed E-state index contributed by atoms with van der Waals surface area (Å²) < 4.78 is 0. The minimum atomic E-state index is -1.31.